The van der Waals surface area contributed by atoms with Crippen LogP contribution in [0.5, 0.6) is 0 Å². The maximum absolute atomic E-state index is 15.6. The zero-order valence-corrected chi connectivity index (χ0v) is 21.9. The maximum Gasteiger partial charge on any atom is 0.341 e. The van der Waals surface area contributed by atoms with Crippen molar-refractivity contribution in [2.24, 2.45) is 0 Å². The van der Waals surface area contributed by atoms with E-state index in [-0.39, 0.29) is 40.9 Å². The second-order valence-corrected chi connectivity index (χ2v) is 12.2. The number of carbonyl (C=O) groups is 1. The highest BCUT2D eigenvalue weighted by atomic mass is 32.2. The molecule has 2 heterocycles. The molecule has 0 saturated heterocycles. The van der Waals surface area contributed by atoms with Gasteiger partial charge in [-0.2, -0.15) is 4.31 Å². The van der Waals surface area contributed by atoms with Gasteiger partial charge in [0.1, 0.15) is 17.6 Å². The van der Waals surface area contributed by atoms with Crippen molar-refractivity contribution in [3.63, 3.8) is 0 Å². The van der Waals surface area contributed by atoms with Crippen LogP contribution in [-0.2, 0) is 23.1 Å². The zero-order chi connectivity index (χ0) is 27.8. The largest absolute Gasteiger partial charge is 0.477 e. The summed E-state index contributed by atoms with van der Waals surface area (Å²) in [6.45, 7) is 3.80. The SMILES string of the molecule is Cc1ccc(S(=O)(=O)N2Cc3ccc(-c4c(F)cc5c(=O)c(C(=O)O)cn(C6CC6F)c5c4C)cc3C2)cc1. The molecule has 4 aromatic rings. The van der Waals surface area contributed by atoms with Crippen molar-refractivity contribution in [2.45, 2.75) is 50.5 Å². The molecule has 2 unspecified atom stereocenters. The lowest BCUT2D eigenvalue weighted by molar-refractivity contribution is 0.0694. The highest BCUT2D eigenvalue weighted by Crippen LogP contribution is 2.43. The molecule has 1 saturated carbocycles. The molecule has 1 aliphatic heterocycles. The van der Waals surface area contributed by atoms with Crippen LogP contribution in [0.25, 0.3) is 22.0 Å². The van der Waals surface area contributed by atoms with Gasteiger partial charge in [-0.25, -0.2) is 22.0 Å². The van der Waals surface area contributed by atoms with E-state index in [0.29, 0.717) is 11.1 Å². The van der Waals surface area contributed by atoms with Crippen molar-refractivity contribution < 1.29 is 27.1 Å². The molecule has 0 spiro atoms. The molecule has 1 fully saturated rings. The number of hydrogen-bond donors (Lipinski definition) is 1. The van der Waals surface area contributed by atoms with E-state index in [1.165, 1.54) is 8.87 Å². The summed E-state index contributed by atoms with van der Waals surface area (Å²) in [5.41, 5.74) is 2.44. The Morgan fingerprint density at radius 2 is 1.69 bits per heavy atom. The van der Waals surface area contributed by atoms with Gasteiger partial charge in [0.05, 0.1) is 16.5 Å². The van der Waals surface area contributed by atoms with Crippen molar-refractivity contribution in [1.29, 1.82) is 0 Å². The molecule has 10 heteroatoms. The van der Waals surface area contributed by atoms with Gasteiger partial charge in [0.2, 0.25) is 15.5 Å². The Bertz CT molecular complexity index is 1870. The summed E-state index contributed by atoms with van der Waals surface area (Å²) >= 11 is 0. The third-order valence-electron chi connectivity index (χ3n) is 7.63. The first-order valence-electron chi connectivity index (χ1n) is 12.4. The third kappa shape index (κ3) is 4.06. The van der Waals surface area contributed by atoms with E-state index in [2.05, 4.69) is 0 Å². The van der Waals surface area contributed by atoms with Crippen LogP contribution in [0.4, 0.5) is 8.78 Å². The number of pyridine rings is 1. The number of rotatable bonds is 5. The summed E-state index contributed by atoms with van der Waals surface area (Å²) in [6, 6.07) is 12.2. The first kappa shape index (κ1) is 25.4. The second-order valence-electron chi connectivity index (χ2n) is 10.2. The number of sulfonamides is 1. The minimum absolute atomic E-state index is 0.117. The Balaban J connectivity index is 1.44. The van der Waals surface area contributed by atoms with E-state index in [1.807, 2.05) is 6.92 Å². The standard InChI is InChI=1S/C29H24F2N2O5S/c1-15-3-7-20(8-4-15)39(37,38)32-12-18-6-5-17(9-19(18)13-32)26-16(2)27-21(10-24(26)31)28(34)22(29(35)36)14-33(27)25-11-23(25)30/h3-10,14,23,25H,11-13H2,1-2H3,(H,35,36). The van der Waals surface area contributed by atoms with Crippen LogP contribution in [0.2, 0.25) is 0 Å². The van der Waals surface area contributed by atoms with Gasteiger partial charge in [0.15, 0.2) is 0 Å². The second kappa shape index (κ2) is 8.82. The molecule has 0 radical (unpaired) electrons. The molecule has 2 aliphatic rings. The van der Waals surface area contributed by atoms with Gasteiger partial charge in [0, 0.05) is 36.7 Å². The number of hydrogen-bond acceptors (Lipinski definition) is 4. The minimum atomic E-state index is -3.74. The maximum atomic E-state index is 15.6. The highest BCUT2D eigenvalue weighted by Gasteiger charge is 2.40. The lowest BCUT2D eigenvalue weighted by atomic mass is 9.94. The Morgan fingerprint density at radius 3 is 2.33 bits per heavy atom. The number of aryl methyl sites for hydroxylation is 2. The predicted molar refractivity (Wildman–Crippen MR) is 141 cm³/mol. The lowest BCUT2D eigenvalue weighted by Crippen LogP contribution is -2.25. The molecule has 200 valence electrons. The van der Waals surface area contributed by atoms with Crippen LogP contribution in [-0.4, -0.2) is 34.5 Å². The first-order valence-corrected chi connectivity index (χ1v) is 13.9. The molecule has 1 aliphatic carbocycles. The summed E-state index contributed by atoms with van der Waals surface area (Å²) in [4.78, 5) is 24.8. The number of aromatic nitrogens is 1. The topological polar surface area (TPSA) is 96.7 Å². The molecule has 3 aromatic carbocycles. The van der Waals surface area contributed by atoms with Crippen LogP contribution in [0.1, 0.15) is 45.1 Å². The summed E-state index contributed by atoms with van der Waals surface area (Å²) < 4.78 is 59.0. The fourth-order valence-corrected chi connectivity index (χ4v) is 6.83. The number of carboxylic acid groups (broad SMARTS) is 1. The molecule has 1 N–H and O–H groups in total. The zero-order valence-electron chi connectivity index (χ0n) is 21.1. The average Bonchev–Trinajstić information content (AvgIpc) is 3.44. The molecular weight excluding hydrogens is 526 g/mol. The number of halogens is 2. The number of benzene rings is 3. The van der Waals surface area contributed by atoms with Gasteiger partial charge in [0.25, 0.3) is 0 Å². The summed E-state index contributed by atoms with van der Waals surface area (Å²) in [5.74, 6) is -2.18. The van der Waals surface area contributed by atoms with Crippen molar-refractivity contribution in [1.82, 2.24) is 8.87 Å². The molecule has 6 rings (SSSR count). The van der Waals surface area contributed by atoms with Gasteiger partial charge < -0.3 is 9.67 Å². The van der Waals surface area contributed by atoms with E-state index in [1.54, 1.807) is 49.4 Å². The smallest absolute Gasteiger partial charge is 0.341 e. The monoisotopic (exact) mass is 550 g/mol. The molecule has 2 atom stereocenters. The summed E-state index contributed by atoms with van der Waals surface area (Å²) in [6.07, 6.45) is 0.127. The first-order chi connectivity index (χ1) is 18.5. The number of alkyl halides is 1. The van der Waals surface area contributed by atoms with Crippen LogP contribution < -0.4 is 5.43 Å². The summed E-state index contributed by atoms with van der Waals surface area (Å²) in [5, 5.41) is 9.37. The molecule has 0 amide bonds. The highest BCUT2D eigenvalue weighted by molar-refractivity contribution is 7.89. The van der Waals surface area contributed by atoms with Gasteiger partial charge in [-0.15, -0.1) is 0 Å². The minimum Gasteiger partial charge on any atom is -0.477 e. The summed E-state index contributed by atoms with van der Waals surface area (Å²) in [7, 11) is -3.74. The molecule has 39 heavy (non-hydrogen) atoms. The van der Waals surface area contributed by atoms with Crippen LogP contribution in [0.15, 0.2) is 64.4 Å². The molecule has 0 bridgehead atoms. The van der Waals surface area contributed by atoms with Crippen molar-refractivity contribution >= 4 is 26.9 Å². The molecule has 1 aromatic heterocycles. The van der Waals surface area contributed by atoms with E-state index in [9.17, 15) is 27.5 Å². The van der Waals surface area contributed by atoms with Crippen molar-refractivity contribution in [2.75, 3.05) is 0 Å². The van der Waals surface area contributed by atoms with Gasteiger partial charge in [-0.05, 0) is 60.4 Å². The normalized spacial score (nSPS) is 18.9. The Labute approximate surface area is 223 Å². The van der Waals surface area contributed by atoms with Gasteiger partial charge >= 0.3 is 5.97 Å². The van der Waals surface area contributed by atoms with Crippen LogP contribution >= 0.6 is 0 Å². The van der Waals surface area contributed by atoms with Crippen molar-refractivity contribution in [3.8, 4) is 11.1 Å². The van der Waals surface area contributed by atoms with E-state index < -0.39 is 45.0 Å². The Hall–Kier alpha value is -3.89. The predicted octanol–water partition coefficient (Wildman–Crippen LogP) is 5.11. The lowest BCUT2D eigenvalue weighted by Gasteiger charge is -2.18. The Kier molecular flexibility index (Phi) is 5.74. The number of nitrogens with zero attached hydrogens (tertiary/aromatic N) is 2. The number of carboxylic acids is 1. The number of aromatic carboxylic acids is 1. The number of fused-ring (bicyclic) bond motifs is 2. The third-order valence-corrected chi connectivity index (χ3v) is 9.43. The fourth-order valence-electron chi connectivity index (χ4n) is 5.44. The quantitative estimate of drug-likeness (QED) is 0.373. The fraction of sp³-hybridized carbons (Fsp3) is 0.241. The van der Waals surface area contributed by atoms with Crippen LogP contribution in [0, 0.1) is 19.7 Å². The molecule has 7 nitrogen and oxygen atoms in total. The van der Waals surface area contributed by atoms with Crippen molar-refractivity contribution in [3.05, 3.63) is 98.6 Å². The molecular formula is C29H24F2N2O5S. The van der Waals surface area contributed by atoms with E-state index >= 15 is 4.39 Å². The Morgan fingerprint density at radius 1 is 1.03 bits per heavy atom. The van der Waals surface area contributed by atoms with Gasteiger partial charge in [-0.3, -0.25) is 4.79 Å². The average molecular weight is 551 g/mol. The van der Waals surface area contributed by atoms with Crippen LogP contribution in [0.3, 0.4) is 0 Å². The van der Waals surface area contributed by atoms with E-state index in [4.69, 9.17) is 0 Å². The van der Waals surface area contributed by atoms with E-state index in [0.717, 1.165) is 29.0 Å². The van der Waals surface area contributed by atoms with Gasteiger partial charge in [-0.1, -0.05) is 29.8 Å².